The van der Waals surface area contributed by atoms with Crippen LogP contribution in [0.4, 0.5) is 0 Å². The van der Waals surface area contributed by atoms with Gasteiger partial charge in [0.2, 0.25) is 0 Å². The molecule has 0 aromatic heterocycles. The van der Waals surface area contributed by atoms with Gasteiger partial charge in [0.15, 0.2) is 6.29 Å². The molecule has 0 aliphatic rings. The molecular weight excluding hydrogens is 400 g/mol. The van der Waals surface area contributed by atoms with E-state index in [2.05, 4.69) is 4.52 Å². The van der Waals surface area contributed by atoms with Crippen molar-refractivity contribution >= 4 is 63.0 Å². The SMILES string of the molecule is O.O=C[C@H](O)[C@@H](O)[C@H](O)[C@H](O)COP(=O)([O-])[O-].[Ba+2]. The summed E-state index contributed by atoms with van der Waals surface area (Å²) in [5, 5.41) is 35.9. The zero-order valence-corrected chi connectivity index (χ0v) is 14.4. The van der Waals surface area contributed by atoms with Crippen LogP contribution < -0.4 is 9.79 Å². The first kappa shape index (κ1) is 24.2. The van der Waals surface area contributed by atoms with E-state index in [0.717, 1.165) is 0 Å². The van der Waals surface area contributed by atoms with Gasteiger partial charge in [-0.2, -0.15) is 0 Å². The third-order valence-electron chi connectivity index (χ3n) is 1.64. The molecule has 0 aliphatic carbocycles. The third kappa shape index (κ3) is 10.0. The van der Waals surface area contributed by atoms with Crippen LogP contribution in [0.3, 0.4) is 0 Å². The summed E-state index contributed by atoms with van der Waals surface area (Å²) < 4.78 is 13.6. The van der Waals surface area contributed by atoms with Crippen molar-refractivity contribution in [1.29, 1.82) is 0 Å². The quantitative estimate of drug-likeness (QED) is 0.178. The van der Waals surface area contributed by atoms with E-state index in [-0.39, 0.29) is 60.6 Å². The third-order valence-corrected chi connectivity index (χ3v) is 2.10. The Hall–Kier alpha value is 1.15. The number of hydrogen-bond acceptors (Lipinski definition) is 9. The predicted molar refractivity (Wildman–Crippen MR) is 53.0 cm³/mol. The van der Waals surface area contributed by atoms with Crippen molar-refractivity contribution in [2.75, 3.05) is 6.61 Å². The summed E-state index contributed by atoms with van der Waals surface area (Å²) in [6.07, 6.45) is -8.04. The van der Waals surface area contributed by atoms with E-state index in [0.29, 0.717) is 0 Å². The minimum atomic E-state index is -5.30. The molecule has 0 bridgehead atoms. The van der Waals surface area contributed by atoms with Crippen LogP contribution in [0.15, 0.2) is 0 Å². The summed E-state index contributed by atoms with van der Waals surface area (Å²) >= 11 is 0. The van der Waals surface area contributed by atoms with Gasteiger partial charge in [0.25, 0.3) is 0 Å². The molecule has 0 saturated heterocycles. The Balaban J connectivity index is -0.00000112. The predicted octanol–water partition coefficient (Wildman–Crippen LogP) is -5.73. The number of carbonyl (C=O) groups is 1. The minimum Gasteiger partial charge on any atom is -0.790 e. The second-order valence-corrected chi connectivity index (χ2v) is 4.07. The van der Waals surface area contributed by atoms with E-state index < -0.39 is 38.8 Å². The van der Waals surface area contributed by atoms with Gasteiger partial charge < -0.3 is 49.6 Å². The summed E-state index contributed by atoms with van der Waals surface area (Å²) in [5.41, 5.74) is 0. The van der Waals surface area contributed by atoms with Crippen molar-refractivity contribution < 1.29 is 49.6 Å². The summed E-state index contributed by atoms with van der Waals surface area (Å²) in [7, 11) is -5.30. The second kappa shape index (κ2) is 10.9. The van der Waals surface area contributed by atoms with E-state index in [1.165, 1.54) is 0 Å². The maximum absolute atomic E-state index is 10.0. The fourth-order valence-corrected chi connectivity index (χ4v) is 1.11. The standard InChI is InChI=1S/C6H13O9P.Ba.H2O/c7-1-3(8)5(10)6(11)4(9)2-15-16(12,13)14;;/h1,3-6,8-11H,2H2,(H2,12,13,14);;1H2/q;+2;/p-2/t3-,4+,5+,6+;;/m0../s1. The Morgan fingerprint density at radius 2 is 1.61 bits per heavy atom. The van der Waals surface area contributed by atoms with Gasteiger partial charge in [-0.25, -0.2) is 0 Å². The molecule has 0 amide bonds. The van der Waals surface area contributed by atoms with Crippen LogP contribution in [0, 0.1) is 0 Å². The van der Waals surface area contributed by atoms with Crippen molar-refractivity contribution in [3.8, 4) is 0 Å². The van der Waals surface area contributed by atoms with Crippen molar-refractivity contribution in [3.63, 3.8) is 0 Å². The normalized spacial score (nSPS) is 17.7. The Morgan fingerprint density at radius 1 is 1.17 bits per heavy atom. The van der Waals surface area contributed by atoms with Crippen molar-refractivity contribution in [1.82, 2.24) is 0 Å². The molecule has 0 unspecified atom stereocenters. The first-order valence-electron chi connectivity index (χ1n) is 4.03. The van der Waals surface area contributed by atoms with Gasteiger partial charge in [-0.05, 0) is 0 Å². The summed E-state index contributed by atoms with van der Waals surface area (Å²) in [4.78, 5) is 30.0. The fraction of sp³-hybridized carbons (Fsp3) is 0.833. The van der Waals surface area contributed by atoms with Crippen LogP contribution in [0.5, 0.6) is 0 Å². The minimum absolute atomic E-state index is 0. The first-order chi connectivity index (χ1) is 7.19. The molecule has 18 heavy (non-hydrogen) atoms. The van der Waals surface area contributed by atoms with E-state index in [4.69, 9.17) is 20.4 Å². The van der Waals surface area contributed by atoms with E-state index in [9.17, 15) is 19.1 Å². The van der Waals surface area contributed by atoms with Crippen LogP contribution in [-0.2, 0) is 13.9 Å². The van der Waals surface area contributed by atoms with Crippen LogP contribution in [0.1, 0.15) is 0 Å². The van der Waals surface area contributed by atoms with Crippen LogP contribution in [0.25, 0.3) is 0 Å². The summed E-state index contributed by atoms with van der Waals surface area (Å²) in [6.45, 7) is -1.09. The van der Waals surface area contributed by atoms with Gasteiger partial charge in [0.1, 0.15) is 24.4 Å². The zero-order valence-electron chi connectivity index (χ0n) is 9.08. The van der Waals surface area contributed by atoms with Gasteiger partial charge in [-0.1, -0.05) is 0 Å². The van der Waals surface area contributed by atoms with E-state index in [1.54, 1.807) is 0 Å². The van der Waals surface area contributed by atoms with Crippen molar-refractivity contribution in [2.45, 2.75) is 24.4 Å². The maximum atomic E-state index is 10.0. The Labute approximate surface area is 142 Å². The van der Waals surface area contributed by atoms with Gasteiger partial charge in [0, 0.05) is 0 Å². The van der Waals surface area contributed by atoms with Crippen molar-refractivity contribution in [3.05, 3.63) is 0 Å². The Morgan fingerprint density at radius 3 is 1.94 bits per heavy atom. The first-order valence-corrected chi connectivity index (χ1v) is 5.49. The molecule has 4 atom stereocenters. The van der Waals surface area contributed by atoms with Crippen molar-refractivity contribution in [2.24, 2.45) is 0 Å². The summed E-state index contributed by atoms with van der Waals surface area (Å²) in [5.74, 6) is 0. The summed E-state index contributed by atoms with van der Waals surface area (Å²) in [6, 6.07) is 0. The van der Waals surface area contributed by atoms with Crippen LogP contribution in [0.2, 0.25) is 0 Å². The molecular formula is C6H13BaO10P. The molecule has 0 aromatic rings. The molecule has 0 heterocycles. The number of hydrogen-bond donors (Lipinski definition) is 4. The Kier molecular flexibility index (Phi) is 14.6. The second-order valence-electron chi connectivity index (χ2n) is 2.92. The molecule has 0 radical (unpaired) electrons. The number of aldehydes is 1. The average Bonchev–Trinajstić information content (AvgIpc) is 2.21. The number of phosphoric acid groups is 1. The van der Waals surface area contributed by atoms with E-state index in [1.807, 2.05) is 0 Å². The van der Waals surface area contributed by atoms with E-state index >= 15 is 0 Å². The topological polar surface area (TPSA) is 202 Å². The molecule has 0 aromatic carbocycles. The molecule has 104 valence electrons. The Bertz CT molecular complexity index is 269. The fourth-order valence-electron chi connectivity index (χ4n) is 0.776. The van der Waals surface area contributed by atoms with Gasteiger partial charge in [-0.3, -0.25) is 0 Å². The smallest absolute Gasteiger partial charge is 0.790 e. The van der Waals surface area contributed by atoms with Gasteiger partial charge >= 0.3 is 48.9 Å². The maximum Gasteiger partial charge on any atom is 2.00 e. The zero-order chi connectivity index (χ0) is 12.9. The molecule has 0 rings (SSSR count). The molecule has 10 nitrogen and oxygen atoms in total. The molecule has 0 spiro atoms. The van der Waals surface area contributed by atoms with Crippen LogP contribution in [-0.4, -0.2) is 112 Å². The number of rotatable bonds is 7. The molecule has 0 fully saturated rings. The van der Waals surface area contributed by atoms with Gasteiger partial charge in [0.05, 0.1) is 14.4 Å². The number of carbonyl (C=O) groups excluding carboxylic acids is 1. The monoisotopic (exact) mass is 414 g/mol. The molecule has 0 saturated carbocycles. The number of aliphatic hydroxyl groups excluding tert-OH is 4. The number of phosphoric ester groups is 1. The van der Waals surface area contributed by atoms with Crippen LogP contribution >= 0.6 is 7.82 Å². The molecule has 12 heteroatoms. The van der Waals surface area contributed by atoms with Gasteiger partial charge in [-0.15, -0.1) is 0 Å². The molecule has 6 N–H and O–H groups in total. The largest absolute Gasteiger partial charge is 2.00 e. The number of aliphatic hydroxyl groups is 4. The average molecular weight is 413 g/mol. The molecule has 0 aliphatic heterocycles.